The van der Waals surface area contributed by atoms with E-state index < -0.39 is 18.1 Å². The number of aliphatic carboxylic acids is 1. The molecule has 0 radical (unpaired) electrons. The number of rotatable bonds is 4. The molecular weight excluding hydrogens is 158 g/mol. The molecule has 0 spiro atoms. The van der Waals surface area contributed by atoms with Crippen molar-refractivity contribution in [3.63, 3.8) is 0 Å². The van der Waals surface area contributed by atoms with Crippen molar-refractivity contribution in [3.05, 3.63) is 0 Å². The van der Waals surface area contributed by atoms with E-state index in [4.69, 9.17) is 5.11 Å². The first-order valence-electron chi connectivity index (χ1n) is 4.00. The van der Waals surface area contributed by atoms with Crippen molar-refractivity contribution in [2.45, 2.75) is 39.0 Å². The summed E-state index contributed by atoms with van der Waals surface area (Å²) in [5.41, 5.74) is 0. The van der Waals surface area contributed by atoms with Gasteiger partial charge in [0.2, 0.25) is 0 Å². The molecule has 4 heteroatoms. The van der Waals surface area contributed by atoms with E-state index in [1.165, 1.54) is 0 Å². The summed E-state index contributed by atoms with van der Waals surface area (Å²) in [7, 11) is 1.69. The second kappa shape index (κ2) is 4.42. The lowest BCUT2D eigenvalue weighted by atomic mass is 10.1. The van der Waals surface area contributed by atoms with Crippen molar-refractivity contribution >= 4 is 5.97 Å². The number of aliphatic hydroxyl groups is 1. The lowest BCUT2D eigenvalue weighted by Gasteiger charge is -2.29. The minimum Gasteiger partial charge on any atom is -0.480 e. The Hall–Kier alpha value is -0.610. The molecule has 0 aliphatic carbocycles. The molecule has 3 unspecified atom stereocenters. The molecule has 0 aromatic carbocycles. The van der Waals surface area contributed by atoms with Gasteiger partial charge < -0.3 is 10.2 Å². The molecule has 0 amide bonds. The van der Waals surface area contributed by atoms with Gasteiger partial charge in [-0.15, -0.1) is 0 Å². The van der Waals surface area contributed by atoms with Crippen molar-refractivity contribution in [2.75, 3.05) is 7.05 Å². The Morgan fingerprint density at radius 2 is 1.75 bits per heavy atom. The minimum absolute atomic E-state index is 0.143. The zero-order chi connectivity index (χ0) is 9.89. The van der Waals surface area contributed by atoms with Crippen LogP contribution in [0.15, 0.2) is 0 Å². The molecule has 0 saturated carbocycles. The van der Waals surface area contributed by atoms with E-state index in [1.807, 2.05) is 0 Å². The van der Waals surface area contributed by atoms with Gasteiger partial charge in [0.15, 0.2) is 0 Å². The Balaban J connectivity index is 4.18. The quantitative estimate of drug-likeness (QED) is 0.639. The van der Waals surface area contributed by atoms with Gasteiger partial charge in [-0.05, 0) is 27.8 Å². The maximum Gasteiger partial charge on any atom is 0.320 e. The van der Waals surface area contributed by atoms with Gasteiger partial charge in [0.05, 0.1) is 6.10 Å². The highest BCUT2D eigenvalue weighted by molar-refractivity contribution is 5.72. The number of carbonyl (C=O) groups is 1. The van der Waals surface area contributed by atoms with Gasteiger partial charge in [-0.1, -0.05) is 0 Å². The number of carboxylic acids is 1. The molecular formula is C8H17NO3. The van der Waals surface area contributed by atoms with Gasteiger partial charge in [0.1, 0.15) is 6.04 Å². The predicted molar refractivity (Wildman–Crippen MR) is 46.0 cm³/mol. The summed E-state index contributed by atoms with van der Waals surface area (Å²) in [4.78, 5) is 12.2. The highest BCUT2D eigenvalue weighted by atomic mass is 16.4. The number of likely N-dealkylation sites (N-methyl/N-ethyl adjacent to an activating group) is 1. The molecule has 0 aliphatic rings. The highest BCUT2D eigenvalue weighted by Gasteiger charge is 2.23. The standard InChI is InChI=1S/C8H17NO3/c1-5(7(3)10)9(4)6(2)8(11)12/h5-7,10H,1-4H3,(H,11,12). The highest BCUT2D eigenvalue weighted by Crippen LogP contribution is 2.06. The van der Waals surface area contributed by atoms with Gasteiger partial charge in [0.25, 0.3) is 0 Å². The molecule has 12 heavy (non-hydrogen) atoms. The number of nitrogens with zero attached hydrogens (tertiary/aromatic N) is 1. The first kappa shape index (κ1) is 11.4. The van der Waals surface area contributed by atoms with E-state index in [1.54, 1.807) is 32.7 Å². The molecule has 0 heterocycles. The zero-order valence-corrected chi connectivity index (χ0v) is 7.98. The van der Waals surface area contributed by atoms with E-state index >= 15 is 0 Å². The zero-order valence-electron chi connectivity index (χ0n) is 7.98. The van der Waals surface area contributed by atoms with Crippen LogP contribution in [0, 0.1) is 0 Å². The minimum atomic E-state index is -0.870. The van der Waals surface area contributed by atoms with Crippen molar-refractivity contribution in [1.29, 1.82) is 0 Å². The second-order valence-corrected chi connectivity index (χ2v) is 3.16. The third-order valence-corrected chi connectivity index (χ3v) is 2.31. The third-order valence-electron chi connectivity index (χ3n) is 2.31. The lowest BCUT2D eigenvalue weighted by molar-refractivity contribution is -0.143. The van der Waals surface area contributed by atoms with Gasteiger partial charge in [0, 0.05) is 6.04 Å². The van der Waals surface area contributed by atoms with Crippen LogP contribution in [0.1, 0.15) is 20.8 Å². The van der Waals surface area contributed by atoms with Gasteiger partial charge in [-0.25, -0.2) is 0 Å². The molecule has 0 rings (SSSR count). The topological polar surface area (TPSA) is 60.8 Å². The average molecular weight is 175 g/mol. The smallest absolute Gasteiger partial charge is 0.320 e. The van der Waals surface area contributed by atoms with Crippen LogP contribution in [0.4, 0.5) is 0 Å². The Morgan fingerprint density at radius 3 is 2.00 bits per heavy atom. The summed E-state index contributed by atoms with van der Waals surface area (Å²) >= 11 is 0. The van der Waals surface area contributed by atoms with E-state index in [0.29, 0.717) is 0 Å². The number of hydrogen-bond acceptors (Lipinski definition) is 3. The summed E-state index contributed by atoms with van der Waals surface area (Å²) in [6.45, 7) is 5.04. The van der Waals surface area contributed by atoms with E-state index in [-0.39, 0.29) is 6.04 Å². The SMILES string of the molecule is CC(O)C(C)N(C)C(C)C(=O)O. The van der Waals surface area contributed by atoms with Crippen molar-refractivity contribution in [3.8, 4) is 0 Å². The maximum absolute atomic E-state index is 10.5. The summed E-state index contributed by atoms with van der Waals surface area (Å²) in [5, 5.41) is 17.8. The maximum atomic E-state index is 10.5. The Kier molecular flexibility index (Phi) is 4.20. The van der Waals surface area contributed by atoms with Crippen LogP contribution in [-0.4, -0.2) is 46.3 Å². The van der Waals surface area contributed by atoms with E-state index in [2.05, 4.69) is 0 Å². The molecule has 3 atom stereocenters. The molecule has 2 N–H and O–H groups in total. The summed E-state index contributed by atoms with van der Waals surface area (Å²) in [6, 6.07) is -0.703. The summed E-state index contributed by atoms with van der Waals surface area (Å²) in [5.74, 6) is -0.870. The van der Waals surface area contributed by atoms with Crippen molar-refractivity contribution in [2.24, 2.45) is 0 Å². The van der Waals surface area contributed by atoms with Crippen molar-refractivity contribution in [1.82, 2.24) is 4.90 Å². The van der Waals surface area contributed by atoms with Crippen molar-refractivity contribution < 1.29 is 15.0 Å². The fourth-order valence-electron chi connectivity index (χ4n) is 0.867. The molecule has 0 aliphatic heterocycles. The normalized spacial score (nSPS) is 18.8. The van der Waals surface area contributed by atoms with E-state index in [9.17, 15) is 9.90 Å². The molecule has 72 valence electrons. The number of carboxylic acid groups (broad SMARTS) is 1. The molecule has 0 aromatic heterocycles. The van der Waals surface area contributed by atoms with Crippen LogP contribution >= 0.6 is 0 Å². The Bertz CT molecular complexity index is 158. The Labute approximate surface area is 72.8 Å². The third kappa shape index (κ3) is 2.79. The molecule has 0 saturated heterocycles. The molecule has 0 bridgehead atoms. The van der Waals surface area contributed by atoms with Crippen LogP contribution in [0.5, 0.6) is 0 Å². The van der Waals surface area contributed by atoms with Gasteiger partial charge >= 0.3 is 5.97 Å². The lowest BCUT2D eigenvalue weighted by Crippen LogP contribution is -2.46. The predicted octanol–water partition coefficient (Wildman–Crippen LogP) is 0.161. The Morgan fingerprint density at radius 1 is 1.33 bits per heavy atom. The first-order valence-corrected chi connectivity index (χ1v) is 4.00. The summed E-state index contributed by atoms with van der Waals surface area (Å²) < 4.78 is 0. The average Bonchev–Trinajstić information content (AvgIpc) is 2.00. The van der Waals surface area contributed by atoms with Crippen LogP contribution in [0.2, 0.25) is 0 Å². The summed E-state index contributed by atoms with van der Waals surface area (Å²) in [6.07, 6.45) is -0.517. The largest absolute Gasteiger partial charge is 0.480 e. The first-order chi connectivity index (χ1) is 5.37. The fourth-order valence-corrected chi connectivity index (χ4v) is 0.867. The van der Waals surface area contributed by atoms with Gasteiger partial charge in [-0.3, -0.25) is 9.69 Å². The number of aliphatic hydroxyl groups excluding tert-OH is 1. The number of hydrogen-bond donors (Lipinski definition) is 2. The molecule has 4 nitrogen and oxygen atoms in total. The van der Waals surface area contributed by atoms with Gasteiger partial charge in [-0.2, -0.15) is 0 Å². The molecule has 0 fully saturated rings. The van der Waals surface area contributed by atoms with Crippen LogP contribution < -0.4 is 0 Å². The van der Waals surface area contributed by atoms with E-state index in [0.717, 1.165) is 0 Å². The van der Waals surface area contributed by atoms with Crippen LogP contribution in [0.3, 0.4) is 0 Å². The monoisotopic (exact) mass is 175 g/mol. The molecule has 0 aromatic rings. The van der Waals surface area contributed by atoms with Crippen LogP contribution in [-0.2, 0) is 4.79 Å². The second-order valence-electron chi connectivity index (χ2n) is 3.16. The van der Waals surface area contributed by atoms with Crippen LogP contribution in [0.25, 0.3) is 0 Å². The fraction of sp³-hybridized carbons (Fsp3) is 0.875.